The van der Waals surface area contributed by atoms with Gasteiger partial charge in [0, 0.05) is 4.47 Å². The van der Waals surface area contributed by atoms with Gasteiger partial charge in [-0.25, -0.2) is 0 Å². The molecule has 0 bridgehead atoms. The third-order valence-corrected chi connectivity index (χ3v) is 3.59. The Kier molecular flexibility index (Phi) is 5.10. The molecule has 1 fully saturated rings. The predicted molar refractivity (Wildman–Crippen MR) is 70.9 cm³/mol. The number of nitrogens with zero attached hydrogens (tertiary/aromatic N) is 1. The van der Waals surface area contributed by atoms with Crippen LogP contribution in [0.3, 0.4) is 0 Å². The molecule has 0 amide bonds. The van der Waals surface area contributed by atoms with Crippen molar-refractivity contribution in [3.8, 4) is 0 Å². The van der Waals surface area contributed by atoms with Crippen molar-refractivity contribution in [1.82, 2.24) is 4.90 Å². The molecule has 0 saturated carbocycles. The largest absolute Gasteiger partial charge is 0.306 e. The van der Waals surface area contributed by atoms with E-state index >= 15 is 0 Å². The van der Waals surface area contributed by atoms with E-state index in [0.29, 0.717) is 0 Å². The van der Waals surface area contributed by atoms with Gasteiger partial charge in [-0.1, -0.05) is 28.1 Å². The second-order valence-electron chi connectivity index (χ2n) is 4.13. The highest BCUT2D eigenvalue weighted by Gasteiger charge is 2.17. The Morgan fingerprint density at radius 1 is 1.13 bits per heavy atom. The first kappa shape index (κ1) is 13.0. The van der Waals surface area contributed by atoms with E-state index in [9.17, 15) is 0 Å². The number of hydrogen-bond donors (Lipinski definition) is 0. The normalized spacial score (nSPS) is 18.5. The molecule has 0 unspecified atom stereocenters. The Hall–Kier alpha value is -0.0500. The molecule has 3 heteroatoms. The molecule has 0 spiro atoms. The Bertz CT molecular complexity index is 291. The Morgan fingerprint density at radius 3 is 2.20 bits per heavy atom. The first-order chi connectivity index (χ1) is 6.75. The lowest BCUT2D eigenvalue weighted by molar-refractivity contribution is 0.255. The summed E-state index contributed by atoms with van der Waals surface area (Å²) in [5, 5.41) is 0. The van der Waals surface area contributed by atoms with Gasteiger partial charge in [0.15, 0.2) is 0 Å². The third kappa shape index (κ3) is 3.47. The molecule has 0 aliphatic carbocycles. The summed E-state index contributed by atoms with van der Waals surface area (Å²) in [6, 6.07) is 8.79. The molecule has 1 saturated heterocycles. The maximum absolute atomic E-state index is 3.47. The van der Waals surface area contributed by atoms with Gasteiger partial charge >= 0.3 is 0 Å². The van der Waals surface area contributed by atoms with Crippen molar-refractivity contribution in [2.24, 2.45) is 0 Å². The van der Waals surface area contributed by atoms with Crippen LogP contribution in [0.1, 0.15) is 24.3 Å². The molecule has 1 aliphatic rings. The Morgan fingerprint density at radius 2 is 1.67 bits per heavy atom. The molecule has 1 aromatic carbocycles. The highest BCUT2D eigenvalue weighted by Crippen LogP contribution is 2.28. The van der Waals surface area contributed by atoms with Crippen molar-refractivity contribution >= 4 is 28.3 Å². The standard InChI is InChI=1S/C12H16BrN.ClH/c1-14-8-6-11(7-9-14)10-2-4-12(13)5-3-10;/h2-5,11H,6-9H2,1H3;1H. The van der Waals surface area contributed by atoms with Gasteiger partial charge in [-0.3, -0.25) is 0 Å². The molecule has 1 aliphatic heterocycles. The smallest absolute Gasteiger partial charge is 0.0175 e. The molecule has 84 valence electrons. The molecule has 0 N–H and O–H groups in total. The van der Waals surface area contributed by atoms with E-state index in [4.69, 9.17) is 0 Å². The van der Waals surface area contributed by atoms with Crippen LogP contribution in [0, 0.1) is 0 Å². The minimum Gasteiger partial charge on any atom is -0.306 e. The maximum Gasteiger partial charge on any atom is 0.0175 e. The fourth-order valence-corrected chi connectivity index (χ4v) is 2.34. The highest BCUT2D eigenvalue weighted by atomic mass is 79.9. The zero-order valence-corrected chi connectivity index (χ0v) is 11.4. The fourth-order valence-electron chi connectivity index (χ4n) is 2.08. The predicted octanol–water partition coefficient (Wildman–Crippen LogP) is 3.68. The summed E-state index contributed by atoms with van der Waals surface area (Å²) in [5.41, 5.74) is 1.50. The fraction of sp³-hybridized carbons (Fsp3) is 0.500. The first-order valence-corrected chi connectivity index (χ1v) is 5.99. The van der Waals surface area contributed by atoms with Crippen LogP contribution in [-0.4, -0.2) is 25.0 Å². The summed E-state index contributed by atoms with van der Waals surface area (Å²) in [6.45, 7) is 2.47. The summed E-state index contributed by atoms with van der Waals surface area (Å²) < 4.78 is 1.18. The molecular formula is C12H17BrClN. The lowest BCUT2D eigenvalue weighted by Crippen LogP contribution is -2.29. The van der Waals surface area contributed by atoms with Gasteiger partial charge in [0.05, 0.1) is 0 Å². The Labute approximate surface area is 106 Å². The second-order valence-corrected chi connectivity index (χ2v) is 5.04. The number of benzene rings is 1. The number of piperidine rings is 1. The maximum atomic E-state index is 3.47. The first-order valence-electron chi connectivity index (χ1n) is 5.20. The average molecular weight is 291 g/mol. The summed E-state index contributed by atoms with van der Waals surface area (Å²) in [4.78, 5) is 2.41. The minimum atomic E-state index is 0. The molecule has 1 heterocycles. The monoisotopic (exact) mass is 289 g/mol. The van der Waals surface area contributed by atoms with Crippen LogP contribution < -0.4 is 0 Å². The third-order valence-electron chi connectivity index (χ3n) is 3.06. The number of likely N-dealkylation sites (tertiary alicyclic amines) is 1. The molecule has 0 atom stereocenters. The topological polar surface area (TPSA) is 3.24 Å². The molecule has 0 radical (unpaired) electrons. The SMILES string of the molecule is CN1CCC(c2ccc(Br)cc2)CC1.Cl. The summed E-state index contributed by atoms with van der Waals surface area (Å²) >= 11 is 3.47. The van der Waals surface area contributed by atoms with Crippen LogP contribution in [0.15, 0.2) is 28.7 Å². The van der Waals surface area contributed by atoms with Gasteiger partial charge in [-0.15, -0.1) is 12.4 Å². The van der Waals surface area contributed by atoms with E-state index in [1.165, 1.54) is 36.0 Å². The summed E-state index contributed by atoms with van der Waals surface area (Å²) in [6.07, 6.45) is 2.61. The summed E-state index contributed by atoms with van der Waals surface area (Å²) in [7, 11) is 2.21. The summed E-state index contributed by atoms with van der Waals surface area (Å²) in [5.74, 6) is 0.777. The number of halogens is 2. The number of hydrogen-bond acceptors (Lipinski definition) is 1. The van der Waals surface area contributed by atoms with Crippen molar-refractivity contribution < 1.29 is 0 Å². The van der Waals surface area contributed by atoms with Gasteiger partial charge in [0.2, 0.25) is 0 Å². The van der Waals surface area contributed by atoms with Crippen LogP contribution in [0.2, 0.25) is 0 Å². The van der Waals surface area contributed by atoms with Crippen molar-refractivity contribution in [2.75, 3.05) is 20.1 Å². The van der Waals surface area contributed by atoms with Crippen LogP contribution in [0.25, 0.3) is 0 Å². The van der Waals surface area contributed by atoms with Crippen molar-refractivity contribution in [2.45, 2.75) is 18.8 Å². The van der Waals surface area contributed by atoms with Gasteiger partial charge in [-0.05, 0) is 56.6 Å². The zero-order chi connectivity index (χ0) is 9.97. The molecule has 1 aromatic rings. The van der Waals surface area contributed by atoms with Crippen LogP contribution in [0.4, 0.5) is 0 Å². The average Bonchev–Trinajstić information content (AvgIpc) is 2.21. The van der Waals surface area contributed by atoms with Crippen molar-refractivity contribution in [1.29, 1.82) is 0 Å². The van der Waals surface area contributed by atoms with E-state index < -0.39 is 0 Å². The van der Waals surface area contributed by atoms with Gasteiger partial charge in [0.25, 0.3) is 0 Å². The zero-order valence-electron chi connectivity index (χ0n) is 8.95. The van der Waals surface area contributed by atoms with Crippen molar-refractivity contribution in [3.05, 3.63) is 34.3 Å². The molecule has 0 aromatic heterocycles. The van der Waals surface area contributed by atoms with E-state index in [2.05, 4.69) is 52.1 Å². The molecular weight excluding hydrogens is 273 g/mol. The van der Waals surface area contributed by atoms with E-state index in [0.717, 1.165) is 5.92 Å². The van der Waals surface area contributed by atoms with Crippen LogP contribution in [-0.2, 0) is 0 Å². The Balaban J connectivity index is 0.00000112. The number of rotatable bonds is 1. The van der Waals surface area contributed by atoms with E-state index in [1.807, 2.05) is 0 Å². The lowest BCUT2D eigenvalue weighted by atomic mass is 9.90. The highest BCUT2D eigenvalue weighted by molar-refractivity contribution is 9.10. The minimum absolute atomic E-state index is 0. The molecule has 2 rings (SSSR count). The quantitative estimate of drug-likeness (QED) is 0.762. The van der Waals surface area contributed by atoms with Gasteiger partial charge in [0.1, 0.15) is 0 Å². The van der Waals surface area contributed by atoms with Gasteiger partial charge < -0.3 is 4.90 Å². The molecule has 15 heavy (non-hydrogen) atoms. The van der Waals surface area contributed by atoms with E-state index in [1.54, 1.807) is 0 Å². The van der Waals surface area contributed by atoms with Crippen molar-refractivity contribution in [3.63, 3.8) is 0 Å². The van der Waals surface area contributed by atoms with Gasteiger partial charge in [-0.2, -0.15) is 0 Å². The van der Waals surface area contributed by atoms with Crippen LogP contribution >= 0.6 is 28.3 Å². The van der Waals surface area contributed by atoms with E-state index in [-0.39, 0.29) is 12.4 Å². The second kappa shape index (κ2) is 5.88. The molecule has 1 nitrogen and oxygen atoms in total. The lowest BCUT2D eigenvalue weighted by Gasteiger charge is -2.29. The van der Waals surface area contributed by atoms with Crippen LogP contribution in [0.5, 0.6) is 0 Å².